The van der Waals surface area contributed by atoms with Crippen LogP contribution in [0.25, 0.3) is 6.08 Å². The van der Waals surface area contributed by atoms with Crippen molar-refractivity contribution in [3.63, 3.8) is 0 Å². The van der Waals surface area contributed by atoms with Crippen LogP contribution >= 0.6 is 23.4 Å². The smallest absolute Gasteiger partial charge is 0.380 e. The van der Waals surface area contributed by atoms with Crippen molar-refractivity contribution in [1.29, 1.82) is 5.41 Å². The van der Waals surface area contributed by atoms with Gasteiger partial charge in [0.2, 0.25) is 0 Å². The fourth-order valence-electron chi connectivity index (χ4n) is 3.31. The number of nitrogens with zero attached hydrogens (tertiary/aromatic N) is 2. The molecule has 1 saturated heterocycles. The van der Waals surface area contributed by atoms with E-state index in [2.05, 4.69) is 5.32 Å². The zero-order valence-electron chi connectivity index (χ0n) is 20.3. The van der Waals surface area contributed by atoms with Crippen LogP contribution in [0.5, 0.6) is 0 Å². The van der Waals surface area contributed by atoms with Gasteiger partial charge in [-0.3, -0.25) is 19.3 Å². The number of carbonyl (C=O) groups is 3. The molecule has 0 saturated carbocycles. The molecule has 0 bridgehead atoms. The molecule has 0 aliphatic carbocycles. The van der Waals surface area contributed by atoms with E-state index in [-0.39, 0.29) is 22.0 Å². The number of hydrogen-bond acceptors (Lipinski definition) is 8. The number of imide groups is 1. The maximum atomic E-state index is 13.4. The minimum absolute atomic E-state index is 0.0455. The van der Waals surface area contributed by atoms with Crippen LogP contribution in [0.1, 0.15) is 22.3 Å². The molecular formula is C23H21ClF3N5O5S2. The zero-order chi connectivity index (χ0) is 29.1. The lowest BCUT2D eigenvalue weighted by molar-refractivity contribution is -0.138. The highest BCUT2D eigenvalue weighted by Gasteiger charge is 2.37. The third kappa shape index (κ3) is 7.38. The molecule has 16 heteroatoms. The number of amides is 3. The van der Waals surface area contributed by atoms with E-state index in [1.807, 2.05) is 0 Å². The lowest BCUT2D eigenvalue weighted by Gasteiger charge is -2.16. The van der Waals surface area contributed by atoms with E-state index in [0.717, 1.165) is 16.6 Å². The molecule has 208 valence electrons. The second kappa shape index (κ2) is 11.8. The van der Waals surface area contributed by atoms with Crippen molar-refractivity contribution in [3.05, 3.63) is 68.6 Å². The van der Waals surface area contributed by atoms with Crippen LogP contribution in [-0.2, 0) is 32.5 Å². The van der Waals surface area contributed by atoms with E-state index >= 15 is 0 Å². The Hall–Kier alpha value is -3.40. The molecule has 0 atom stereocenters. The molecule has 3 amide bonds. The Labute approximate surface area is 230 Å². The van der Waals surface area contributed by atoms with Crippen LogP contribution in [0.3, 0.4) is 0 Å². The molecule has 1 fully saturated rings. The summed E-state index contributed by atoms with van der Waals surface area (Å²) in [4.78, 5) is 37.6. The van der Waals surface area contributed by atoms with Crippen LogP contribution < -0.4 is 10.0 Å². The number of benzene rings is 2. The first-order chi connectivity index (χ1) is 18.1. The van der Waals surface area contributed by atoms with Gasteiger partial charge in [0.05, 0.1) is 10.5 Å². The number of carbonyl (C=O) groups excluding carboxylic acids is 3. The molecule has 2 aromatic carbocycles. The van der Waals surface area contributed by atoms with Gasteiger partial charge in [0.1, 0.15) is 6.54 Å². The van der Waals surface area contributed by atoms with Gasteiger partial charge in [0.25, 0.3) is 17.1 Å². The fraction of sp³-hybridized carbons (Fsp3) is 0.217. The van der Waals surface area contributed by atoms with Crippen molar-refractivity contribution in [3.8, 4) is 0 Å². The second-order valence-electron chi connectivity index (χ2n) is 8.22. The van der Waals surface area contributed by atoms with Gasteiger partial charge in [-0.15, -0.1) is 0 Å². The topological polar surface area (TPSA) is 140 Å². The molecule has 3 rings (SSSR count). The van der Waals surface area contributed by atoms with Crippen LogP contribution in [-0.4, -0.2) is 61.5 Å². The summed E-state index contributed by atoms with van der Waals surface area (Å²) >= 11 is 6.26. The normalized spacial score (nSPS) is 15.3. The Morgan fingerprint density at radius 1 is 1.18 bits per heavy atom. The van der Waals surface area contributed by atoms with Gasteiger partial charge in [-0.25, -0.2) is 4.72 Å². The molecule has 2 aromatic rings. The van der Waals surface area contributed by atoms with Crippen molar-refractivity contribution in [2.24, 2.45) is 0 Å². The van der Waals surface area contributed by atoms with Crippen molar-refractivity contribution in [2.45, 2.75) is 12.7 Å². The molecule has 0 aromatic heterocycles. The molecule has 0 unspecified atom stereocenters. The standard InChI is InChI=1S/C23H21ClF3N5O5S2/c1-31(2)39(36,37)30-20(33)12-32-21(34)19(38-22(32)35)8-13-3-6-18(15(7-13)10-28)29-11-14-4-5-16(24)9-17(14)23(25,26)27/h3-10,28-29H,11-12H2,1-2H3,(H,30,33). The summed E-state index contributed by atoms with van der Waals surface area (Å²) in [5.74, 6) is -1.90. The van der Waals surface area contributed by atoms with E-state index in [9.17, 15) is 36.0 Å². The maximum Gasteiger partial charge on any atom is 0.416 e. The van der Waals surface area contributed by atoms with E-state index in [1.54, 1.807) is 4.72 Å². The quantitative estimate of drug-likeness (QED) is 0.291. The Morgan fingerprint density at radius 2 is 1.87 bits per heavy atom. The maximum absolute atomic E-state index is 13.4. The summed E-state index contributed by atoms with van der Waals surface area (Å²) in [6.07, 6.45) is -2.30. The summed E-state index contributed by atoms with van der Waals surface area (Å²) in [5.41, 5.74) is 0.0878. The molecule has 1 aliphatic heterocycles. The molecular weight excluding hydrogens is 583 g/mol. The van der Waals surface area contributed by atoms with Gasteiger partial charge in [-0.1, -0.05) is 23.7 Å². The van der Waals surface area contributed by atoms with Gasteiger partial charge in [0, 0.05) is 43.1 Å². The van der Waals surface area contributed by atoms with Gasteiger partial charge in [0.15, 0.2) is 0 Å². The Morgan fingerprint density at radius 3 is 2.49 bits per heavy atom. The average Bonchev–Trinajstić information content (AvgIpc) is 3.09. The van der Waals surface area contributed by atoms with Crippen LogP contribution in [0.15, 0.2) is 41.3 Å². The number of nitrogens with one attached hydrogen (secondary N) is 3. The minimum atomic E-state index is -4.61. The van der Waals surface area contributed by atoms with E-state index in [0.29, 0.717) is 33.5 Å². The lowest BCUT2D eigenvalue weighted by atomic mass is 10.1. The Bertz CT molecular complexity index is 1480. The number of anilines is 1. The van der Waals surface area contributed by atoms with Crippen molar-refractivity contribution < 1.29 is 36.0 Å². The highest BCUT2D eigenvalue weighted by atomic mass is 35.5. The lowest BCUT2D eigenvalue weighted by Crippen LogP contribution is -2.45. The average molecular weight is 604 g/mol. The molecule has 3 N–H and O–H groups in total. The number of alkyl halides is 3. The molecule has 39 heavy (non-hydrogen) atoms. The number of rotatable bonds is 9. The molecule has 10 nitrogen and oxygen atoms in total. The summed E-state index contributed by atoms with van der Waals surface area (Å²) in [6.45, 7) is -1.02. The third-order valence-corrected chi connectivity index (χ3v) is 7.86. The summed E-state index contributed by atoms with van der Waals surface area (Å²) in [5, 5.41) is 9.71. The molecule has 0 radical (unpaired) electrons. The van der Waals surface area contributed by atoms with Crippen LogP contribution in [0, 0.1) is 5.41 Å². The fourth-order valence-corrected chi connectivity index (χ4v) is 4.85. The Kier molecular flexibility index (Phi) is 9.10. The largest absolute Gasteiger partial charge is 0.416 e. The van der Waals surface area contributed by atoms with Crippen LogP contribution in [0.2, 0.25) is 5.02 Å². The van der Waals surface area contributed by atoms with Gasteiger partial charge < -0.3 is 10.7 Å². The van der Waals surface area contributed by atoms with Crippen molar-refractivity contribution in [2.75, 3.05) is 26.0 Å². The predicted octanol–water partition coefficient (Wildman–Crippen LogP) is 3.93. The van der Waals surface area contributed by atoms with Gasteiger partial charge in [-0.2, -0.15) is 25.9 Å². The molecule has 1 aliphatic rings. The van der Waals surface area contributed by atoms with Gasteiger partial charge >= 0.3 is 16.4 Å². The highest BCUT2D eigenvalue weighted by molar-refractivity contribution is 8.18. The first-order valence-electron chi connectivity index (χ1n) is 10.8. The second-order valence-corrected chi connectivity index (χ2v) is 11.5. The third-order valence-electron chi connectivity index (χ3n) is 5.27. The zero-order valence-corrected chi connectivity index (χ0v) is 22.7. The predicted molar refractivity (Wildman–Crippen MR) is 142 cm³/mol. The number of thioether (sulfide) groups is 1. The van der Waals surface area contributed by atoms with Gasteiger partial charge in [-0.05, 0) is 53.2 Å². The monoisotopic (exact) mass is 603 g/mol. The summed E-state index contributed by atoms with van der Waals surface area (Å²) < 4.78 is 66.2. The van der Waals surface area contributed by atoms with Crippen LogP contribution in [0.4, 0.5) is 23.7 Å². The number of halogens is 4. The summed E-state index contributed by atoms with van der Waals surface area (Å²) in [7, 11) is -1.72. The Balaban J connectivity index is 1.76. The first-order valence-corrected chi connectivity index (χ1v) is 13.5. The highest BCUT2D eigenvalue weighted by Crippen LogP contribution is 2.35. The van der Waals surface area contributed by atoms with E-state index in [4.69, 9.17) is 17.0 Å². The van der Waals surface area contributed by atoms with E-state index in [1.165, 1.54) is 50.5 Å². The summed E-state index contributed by atoms with van der Waals surface area (Å²) in [6, 6.07) is 7.92. The van der Waals surface area contributed by atoms with E-state index < -0.39 is 45.5 Å². The SMILES string of the molecule is CN(C)S(=O)(=O)NC(=O)CN1C(=O)SC(=Cc2ccc(NCc3ccc(Cl)cc3C(F)(F)F)c(C=N)c2)C1=O. The molecule has 1 heterocycles. The van der Waals surface area contributed by atoms with Crippen molar-refractivity contribution in [1.82, 2.24) is 13.9 Å². The molecule has 0 spiro atoms. The van der Waals surface area contributed by atoms with Crippen molar-refractivity contribution >= 4 is 68.6 Å². The number of hydrogen-bond donors (Lipinski definition) is 3. The first kappa shape index (κ1) is 30.1. The minimum Gasteiger partial charge on any atom is -0.380 e.